The minimum Gasteiger partial charge on any atom is -0.382 e. The molecule has 1 atom stereocenters. The van der Waals surface area contributed by atoms with Gasteiger partial charge in [-0.25, -0.2) is 4.39 Å². The van der Waals surface area contributed by atoms with Gasteiger partial charge in [-0.1, -0.05) is 0 Å². The monoisotopic (exact) mass is 264 g/mol. The average Bonchev–Trinajstić information content (AvgIpc) is 2.34. The summed E-state index contributed by atoms with van der Waals surface area (Å²) < 4.78 is 19.0. The number of methoxy groups -OCH3 is 1. The van der Waals surface area contributed by atoms with Crippen molar-refractivity contribution in [2.24, 2.45) is 0 Å². The van der Waals surface area contributed by atoms with Crippen LogP contribution in [0.1, 0.15) is 38.3 Å². The van der Waals surface area contributed by atoms with E-state index in [1.165, 1.54) is 6.07 Å². The number of nitrogens with zero attached hydrogens (tertiary/aromatic N) is 1. The summed E-state index contributed by atoms with van der Waals surface area (Å²) >= 11 is 0. The number of nitriles is 1. The Morgan fingerprint density at radius 2 is 2.11 bits per heavy atom. The van der Waals surface area contributed by atoms with Crippen molar-refractivity contribution in [3.63, 3.8) is 0 Å². The third kappa shape index (κ3) is 4.22. The van der Waals surface area contributed by atoms with Crippen LogP contribution in [0.2, 0.25) is 0 Å². The largest absolute Gasteiger partial charge is 0.382 e. The third-order valence-electron chi connectivity index (χ3n) is 3.23. The maximum absolute atomic E-state index is 13.7. The second-order valence-corrected chi connectivity index (χ2v) is 5.46. The Bertz CT molecular complexity index is 492. The van der Waals surface area contributed by atoms with Crippen molar-refractivity contribution in [1.29, 1.82) is 5.26 Å². The van der Waals surface area contributed by atoms with Crippen molar-refractivity contribution in [2.45, 2.75) is 45.8 Å². The Balaban J connectivity index is 2.88. The highest BCUT2D eigenvalue weighted by Crippen LogP contribution is 2.24. The van der Waals surface area contributed by atoms with E-state index in [-0.39, 0.29) is 17.5 Å². The summed E-state index contributed by atoms with van der Waals surface area (Å²) in [7, 11) is 1.67. The molecular formula is C15H21FN2O. The minimum absolute atomic E-state index is 0.113. The van der Waals surface area contributed by atoms with Gasteiger partial charge < -0.3 is 10.1 Å². The molecule has 0 aliphatic rings. The standard InChI is InChI=1S/C15H21FN2O/c1-10(8-15(3,4)19-5)18-14-7-12(9-17)6-13(16)11(14)2/h6-7,10,18H,8H2,1-5H3. The van der Waals surface area contributed by atoms with Gasteiger partial charge in [-0.15, -0.1) is 0 Å². The van der Waals surface area contributed by atoms with E-state index >= 15 is 0 Å². The summed E-state index contributed by atoms with van der Waals surface area (Å²) in [4.78, 5) is 0. The van der Waals surface area contributed by atoms with Crippen molar-refractivity contribution in [1.82, 2.24) is 0 Å². The molecule has 0 bridgehead atoms. The number of benzene rings is 1. The second kappa shape index (κ2) is 6.03. The zero-order chi connectivity index (χ0) is 14.6. The number of anilines is 1. The van der Waals surface area contributed by atoms with Crippen LogP contribution in [-0.2, 0) is 4.74 Å². The summed E-state index contributed by atoms with van der Waals surface area (Å²) in [5.74, 6) is -0.361. The fourth-order valence-corrected chi connectivity index (χ4v) is 2.03. The van der Waals surface area contributed by atoms with Gasteiger partial charge in [-0.05, 0) is 46.2 Å². The molecule has 19 heavy (non-hydrogen) atoms. The first-order chi connectivity index (χ1) is 8.79. The first-order valence-electron chi connectivity index (χ1n) is 6.31. The minimum atomic E-state index is -0.361. The van der Waals surface area contributed by atoms with E-state index in [0.717, 1.165) is 6.42 Å². The van der Waals surface area contributed by atoms with Crippen LogP contribution in [0.4, 0.5) is 10.1 Å². The number of hydrogen-bond acceptors (Lipinski definition) is 3. The SMILES string of the molecule is COC(C)(C)CC(C)Nc1cc(C#N)cc(F)c1C. The molecule has 0 radical (unpaired) electrons. The summed E-state index contributed by atoms with van der Waals surface area (Å²) in [6.45, 7) is 7.72. The summed E-state index contributed by atoms with van der Waals surface area (Å²) in [6.07, 6.45) is 0.779. The normalized spacial score (nSPS) is 12.9. The molecule has 0 aliphatic heterocycles. The summed E-state index contributed by atoms with van der Waals surface area (Å²) in [5.41, 5.74) is 1.27. The molecular weight excluding hydrogens is 243 g/mol. The molecule has 1 N–H and O–H groups in total. The summed E-state index contributed by atoms with van der Waals surface area (Å²) in [6, 6.07) is 5.01. The number of rotatable bonds is 5. The van der Waals surface area contributed by atoms with Crippen LogP contribution in [0, 0.1) is 24.1 Å². The first-order valence-corrected chi connectivity index (χ1v) is 6.31. The highest BCUT2D eigenvalue weighted by molar-refractivity contribution is 5.56. The van der Waals surface area contributed by atoms with Gasteiger partial charge in [0.05, 0.1) is 17.2 Å². The van der Waals surface area contributed by atoms with Crippen LogP contribution in [0.5, 0.6) is 0 Å². The molecule has 0 fully saturated rings. The fourth-order valence-electron chi connectivity index (χ4n) is 2.03. The van der Waals surface area contributed by atoms with Gasteiger partial charge in [-0.2, -0.15) is 5.26 Å². The number of hydrogen-bond donors (Lipinski definition) is 1. The van der Waals surface area contributed by atoms with Crippen molar-refractivity contribution >= 4 is 5.69 Å². The Hall–Kier alpha value is -1.60. The Morgan fingerprint density at radius 1 is 1.47 bits per heavy atom. The van der Waals surface area contributed by atoms with Crippen LogP contribution < -0.4 is 5.32 Å². The molecule has 1 aromatic rings. The van der Waals surface area contributed by atoms with Gasteiger partial charge in [0.2, 0.25) is 0 Å². The van der Waals surface area contributed by atoms with E-state index in [1.54, 1.807) is 20.1 Å². The summed E-state index contributed by atoms with van der Waals surface area (Å²) in [5, 5.41) is 12.1. The average molecular weight is 264 g/mol. The van der Waals surface area contributed by atoms with Crippen LogP contribution in [0.3, 0.4) is 0 Å². The Kier molecular flexibility index (Phi) is 4.90. The molecule has 0 aliphatic carbocycles. The fraction of sp³-hybridized carbons (Fsp3) is 0.533. The number of ether oxygens (including phenoxy) is 1. The number of nitrogens with one attached hydrogen (secondary N) is 1. The van der Waals surface area contributed by atoms with E-state index in [1.807, 2.05) is 26.8 Å². The van der Waals surface area contributed by atoms with Gasteiger partial charge in [0.1, 0.15) is 5.82 Å². The van der Waals surface area contributed by atoms with Gasteiger partial charge in [-0.3, -0.25) is 0 Å². The highest BCUT2D eigenvalue weighted by Gasteiger charge is 2.20. The predicted molar refractivity (Wildman–Crippen MR) is 74.6 cm³/mol. The third-order valence-corrected chi connectivity index (χ3v) is 3.23. The molecule has 1 rings (SSSR count). The lowest BCUT2D eigenvalue weighted by Crippen LogP contribution is -2.31. The topological polar surface area (TPSA) is 45.0 Å². The zero-order valence-corrected chi connectivity index (χ0v) is 12.2. The van der Waals surface area contributed by atoms with Gasteiger partial charge >= 0.3 is 0 Å². The molecule has 0 aromatic heterocycles. The van der Waals surface area contributed by atoms with Crippen LogP contribution in [0.25, 0.3) is 0 Å². The maximum atomic E-state index is 13.7. The van der Waals surface area contributed by atoms with Crippen LogP contribution >= 0.6 is 0 Å². The molecule has 0 saturated heterocycles. The lowest BCUT2D eigenvalue weighted by molar-refractivity contribution is 0.0128. The maximum Gasteiger partial charge on any atom is 0.129 e. The van der Waals surface area contributed by atoms with Crippen LogP contribution in [-0.4, -0.2) is 18.8 Å². The van der Waals surface area contributed by atoms with Gasteiger partial charge in [0.25, 0.3) is 0 Å². The molecule has 0 saturated carbocycles. The van der Waals surface area contributed by atoms with Gasteiger partial charge in [0, 0.05) is 24.4 Å². The first kappa shape index (κ1) is 15.5. The Morgan fingerprint density at radius 3 is 2.63 bits per heavy atom. The highest BCUT2D eigenvalue weighted by atomic mass is 19.1. The van der Waals surface area contributed by atoms with E-state index in [9.17, 15) is 4.39 Å². The van der Waals surface area contributed by atoms with Crippen molar-refractivity contribution in [2.75, 3.05) is 12.4 Å². The lowest BCUT2D eigenvalue weighted by atomic mass is 9.99. The zero-order valence-electron chi connectivity index (χ0n) is 12.2. The molecule has 1 aromatic carbocycles. The second-order valence-electron chi connectivity index (χ2n) is 5.46. The molecule has 0 spiro atoms. The lowest BCUT2D eigenvalue weighted by Gasteiger charge is -2.28. The predicted octanol–water partition coefficient (Wildman–Crippen LogP) is 3.62. The molecule has 3 nitrogen and oxygen atoms in total. The van der Waals surface area contributed by atoms with Crippen LogP contribution in [0.15, 0.2) is 12.1 Å². The van der Waals surface area contributed by atoms with E-state index in [4.69, 9.17) is 10.00 Å². The van der Waals surface area contributed by atoms with Crippen molar-refractivity contribution < 1.29 is 9.13 Å². The smallest absolute Gasteiger partial charge is 0.129 e. The molecule has 4 heteroatoms. The van der Waals surface area contributed by atoms with E-state index in [2.05, 4.69) is 5.32 Å². The molecule has 0 heterocycles. The van der Waals surface area contributed by atoms with E-state index < -0.39 is 0 Å². The number of halogens is 1. The quantitative estimate of drug-likeness (QED) is 0.883. The Labute approximate surface area is 114 Å². The molecule has 104 valence electrons. The van der Waals surface area contributed by atoms with Crippen molar-refractivity contribution in [3.05, 3.63) is 29.1 Å². The van der Waals surface area contributed by atoms with E-state index in [0.29, 0.717) is 16.8 Å². The van der Waals surface area contributed by atoms with Crippen molar-refractivity contribution in [3.8, 4) is 6.07 Å². The molecule has 1 unspecified atom stereocenters. The van der Waals surface area contributed by atoms with Gasteiger partial charge in [0.15, 0.2) is 0 Å². The molecule has 0 amide bonds.